The number of hydrogen-bond acceptors (Lipinski definition) is 6. The topological polar surface area (TPSA) is 80.7 Å². The van der Waals surface area contributed by atoms with Crippen LogP contribution in [0.25, 0.3) is 0 Å². The summed E-state index contributed by atoms with van der Waals surface area (Å²) in [5, 5.41) is 5.95. The summed E-state index contributed by atoms with van der Waals surface area (Å²) in [7, 11) is 4.67. The molecule has 9 heteroatoms. The molecule has 2 aromatic carbocycles. The molecule has 2 amide bonds. The lowest BCUT2D eigenvalue weighted by molar-refractivity contribution is -0.146. The molecule has 2 aromatic rings. The van der Waals surface area contributed by atoms with Gasteiger partial charge in [-0.2, -0.15) is 5.10 Å². The third-order valence-electron chi connectivity index (χ3n) is 6.81. The second-order valence-electron chi connectivity index (χ2n) is 8.97. The van der Waals surface area contributed by atoms with Crippen LogP contribution in [0.4, 0.5) is 4.39 Å². The average Bonchev–Trinajstić information content (AvgIpc) is 3.30. The number of hydrazone groups is 1. The van der Waals surface area contributed by atoms with Crippen LogP contribution in [0, 0.1) is 11.7 Å². The van der Waals surface area contributed by atoms with E-state index in [-0.39, 0.29) is 24.3 Å². The summed E-state index contributed by atoms with van der Waals surface area (Å²) < 4.78 is 30.9. The van der Waals surface area contributed by atoms with Gasteiger partial charge in [-0.05, 0) is 31.0 Å². The first-order valence-corrected chi connectivity index (χ1v) is 12.1. The molecule has 1 saturated carbocycles. The van der Waals surface area contributed by atoms with E-state index in [1.165, 1.54) is 16.0 Å². The van der Waals surface area contributed by atoms with Gasteiger partial charge in [0.05, 0.1) is 32.6 Å². The van der Waals surface area contributed by atoms with Crippen molar-refractivity contribution in [1.29, 1.82) is 0 Å². The van der Waals surface area contributed by atoms with E-state index < -0.39 is 11.9 Å². The zero-order valence-corrected chi connectivity index (χ0v) is 20.9. The molecule has 0 aromatic heterocycles. The first kappa shape index (κ1) is 25.6. The molecule has 1 atom stereocenters. The minimum atomic E-state index is -0.649. The zero-order valence-electron chi connectivity index (χ0n) is 20.9. The minimum absolute atomic E-state index is 0.0469. The summed E-state index contributed by atoms with van der Waals surface area (Å²) in [5.41, 5.74) is 1.65. The van der Waals surface area contributed by atoms with Gasteiger partial charge >= 0.3 is 0 Å². The SMILES string of the molecule is COCCN(CC(=O)N1N=C(c2ccc(OC)cc2OC)CC1c1ccccc1F)C(=O)C1CCC1. The van der Waals surface area contributed by atoms with Gasteiger partial charge in [0.25, 0.3) is 5.91 Å². The van der Waals surface area contributed by atoms with Crippen molar-refractivity contribution in [3.05, 3.63) is 59.4 Å². The Labute approximate surface area is 210 Å². The Kier molecular flexibility index (Phi) is 8.20. The zero-order chi connectivity index (χ0) is 25.7. The highest BCUT2D eigenvalue weighted by Crippen LogP contribution is 2.37. The Bertz CT molecular complexity index is 1130. The maximum absolute atomic E-state index is 14.9. The predicted octanol–water partition coefficient (Wildman–Crippen LogP) is 3.80. The maximum atomic E-state index is 14.9. The summed E-state index contributed by atoms with van der Waals surface area (Å²) in [6.07, 6.45) is 2.97. The van der Waals surface area contributed by atoms with E-state index in [0.717, 1.165) is 19.3 Å². The van der Waals surface area contributed by atoms with Crippen LogP contribution in [-0.2, 0) is 14.3 Å². The van der Waals surface area contributed by atoms with Crippen LogP contribution in [-0.4, -0.2) is 68.5 Å². The van der Waals surface area contributed by atoms with E-state index in [1.54, 1.807) is 51.7 Å². The molecule has 1 aliphatic carbocycles. The number of carbonyl (C=O) groups is 2. The average molecular weight is 498 g/mol. The Balaban J connectivity index is 1.65. The first-order chi connectivity index (χ1) is 17.5. The summed E-state index contributed by atoms with van der Waals surface area (Å²) in [6.45, 7) is 0.471. The molecule has 1 aliphatic heterocycles. The van der Waals surface area contributed by atoms with E-state index in [9.17, 15) is 14.0 Å². The van der Waals surface area contributed by atoms with E-state index in [1.807, 2.05) is 6.07 Å². The van der Waals surface area contributed by atoms with Gasteiger partial charge in [-0.3, -0.25) is 9.59 Å². The van der Waals surface area contributed by atoms with Crippen LogP contribution < -0.4 is 9.47 Å². The van der Waals surface area contributed by atoms with Crippen LogP contribution in [0.1, 0.15) is 42.9 Å². The summed E-state index contributed by atoms with van der Waals surface area (Å²) >= 11 is 0. The fourth-order valence-corrected chi connectivity index (χ4v) is 4.55. The highest BCUT2D eigenvalue weighted by atomic mass is 19.1. The maximum Gasteiger partial charge on any atom is 0.262 e. The smallest absolute Gasteiger partial charge is 0.262 e. The van der Waals surface area contributed by atoms with E-state index >= 15 is 0 Å². The number of amides is 2. The molecule has 0 bridgehead atoms. The second kappa shape index (κ2) is 11.5. The first-order valence-electron chi connectivity index (χ1n) is 12.1. The van der Waals surface area contributed by atoms with Crippen molar-refractivity contribution in [3.8, 4) is 11.5 Å². The Morgan fingerprint density at radius 1 is 1.11 bits per heavy atom. The number of ether oxygens (including phenoxy) is 3. The molecule has 192 valence electrons. The van der Waals surface area contributed by atoms with E-state index in [0.29, 0.717) is 47.9 Å². The molecule has 1 heterocycles. The monoisotopic (exact) mass is 497 g/mol. The molecule has 0 saturated heterocycles. The van der Waals surface area contributed by atoms with Crippen LogP contribution in [0.15, 0.2) is 47.6 Å². The second-order valence-corrected chi connectivity index (χ2v) is 8.97. The van der Waals surface area contributed by atoms with Crippen LogP contribution in [0.3, 0.4) is 0 Å². The molecule has 2 aliphatic rings. The van der Waals surface area contributed by atoms with Gasteiger partial charge < -0.3 is 19.1 Å². The Morgan fingerprint density at radius 2 is 1.89 bits per heavy atom. The van der Waals surface area contributed by atoms with Crippen LogP contribution in [0.2, 0.25) is 0 Å². The van der Waals surface area contributed by atoms with Crippen molar-refractivity contribution in [2.45, 2.75) is 31.7 Å². The fraction of sp³-hybridized carbons (Fsp3) is 0.444. The van der Waals surface area contributed by atoms with Crippen molar-refractivity contribution in [2.24, 2.45) is 11.0 Å². The standard InChI is InChI=1S/C27H32FN3O5/c1-34-14-13-30(27(33)18-7-6-8-18)17-26(32)31-24(20-9-4-5-10-22(20)28)16-23(29-31)21-12-11-19(35-2)15-25(21)36-3/h4-5,9-12,15,18,24H,6-8,13-14,16-17H2,1-3H3. The number of methoxy groups -OCH3 is 3. The van der Waals surface area contributed by atoms with Gasteiger partial charge in [0.2, 0.25) is 5.91 Å². The number of nitrogens with zero attached hydrogens (tertiary/aromatic N) is 3. The number of hydrogen-bond donors (Lipinski definition) is 0. The number of halogens is 1. The van der Waals surface area contributed by atoms with Crippen molar-refractivity contribution < 1.29 is 28.2 Å². The highest BCUT2D eigenvalue weighted by molar-refractivity contribution is 6.05. The molecule has 0 spiro atoms. The van der Waals surface area contributed by atoms with Gasteiger partial charge in [0.15, 0.2) is 0 Å². The van der Waals surface area contributed by atoms with Crippen molar-refractivity contribution >= 4 is 17.5 Å². The van der Waals surface area contributed by atoms with Gasteiger partial charge in [0.1, 0.15) is 23.9 Å². The Hall–Kier alpha value is -3.46. The van der Waals surface area contributed by atoms with Gasteiger partial charge in [-0.25, -0.2) is 9.40 Å². The molecule has 0 N–H and O–H groups in total. The molecule has 1 fully saturated rings. The number of carbonyl (C=O) groups excluding carboxylic acids is 2. The third-order valence-corrected chi connectivity index (χ3v) is 6.81. The normalized spacial score (nSPS) is 17.4. The Morgan fingerprint density at radius 3 is 2.53 bits per heavy atom. The lowest BCUT2D eigenvalue weighted by Crippen LogP contribution is -2.46. The van der Waals surface area contributed by atoms with Gasteiger partial charge in [-0.15, -0.1) is 0 Å². The van der Waals surface area contributed by atoms with Crippen molar-refractivity contribution in [2.75, 3.05) is 41.0 Å². The van der Waals surface area contributed by atoms with E-state index in [4.69, 9.17) is 14.2 Å². The van der Waals surface area contributed by atoms with E-state index in [2.05, 4.69) is 5.10 Å². The lowest BCUT2D eigenvalue weighted by atomic mass is 9.84. The molecule has 8 nitrogen and oxygen atoms in total. The lowest BCUT2D eigenvalue weighted by Gasteiger charge is -2.32. The van der Waals surface area contributed by atoms with Crippen molar-refractivity contribution in [3.63, 3.8) is 0 Å². The van der Waals surface area contributed by atoms with Crippen LogP contribution in [0.5, 0.6) is 11.5 Å². The molecule has 1 unspecified atom stereocenters. The molecule has 36 heavy (non-hydrogen) atoms. The molecular weight excluding hydrogens is 465 g/mol. The summed E-state index contributed by atoms with van der Waals surface area (Å²) in [6, 6.07) is 11.1. The highest BCUT2D eigenvalue weighted by Gasteiger charge is 2.37. The molecular formula is C27H32FN3O5. The predicted molar refractivity (Wildman–Crippen MR) is 132 cm³/mol. The molecule has 4 rings (SSSR count). The summed E-state index contributed by atoms with van der Waals surface area (Å²) in [4.78, 5) is 28.1. The fourth-order valence-electron chi connectivity index (χ4n) is 4.55. The van der Waals surface area contributed by atoms with Crippen LogP contribution >= 0.6 is 0 Å². The van der Waals surface area contributed by atoms with Gasteiger partial charge in [0, 0.05) is 43.2 Å². The third kappa shape index (κ3) is 5.36. The quantitative estimate of drug-likeness (QED) is 0.499. The van der Waals surface area contributed by atoms with Crippen molar-refractivity contribution in [1.82, 2.24) is 9.91 Å². The van der Waals surface area contributed by atoms with Gasteiger partial charge in [-0.1, -0.05) is 24.6 Å². The molecule has 0 radical (unpaired) electrons. The largest absolute Gasteiger partial charge is 0.497 e. The number of rotatable bonds is 10. The summed E-state index contributed by atoms with van der Waals surface area (Å²) in [5.74, 6) is 0.259. The number of benzene rings is 2. The minimum Gasteiger partial charge on any atom is -0.497 e.